The molecule has 0 spiro atoms. The van der Waals surface area contributed by atoms with E-state index in [2.05, 4.69) is 21.8 Å². The molecule has 0 N–H and O–H groups in total. The Morgan fingerprint density at radius 2 is 2.04 bits per heavy atom. The Labute approximate surface area is 167 Å². The molecule has 4 heterocycles. The van der Waals surface area contributed by atoms with E-state index in [4.69, 9.17) is 9.97 Å². The van der Waals surface area contributed by atoms with Crippen LogP contribution in [0.3, 0.4) is 0 Å². The summed E-state index contributed by atoms with van der Waals surface area (Å²) < 4.78 is 0. The van der Waals surface area contributed by atoms with Gasteiger partial charge in [-0.1, -0.05) is 0 Å². The zero-order chi connectivity index (χ0) is 18.2. The van der Waals surface area contributed by atoms with Crippen molar-refractivity contribution >= 4 is 39.1 Å². The van der Waals surface area contributed by atoms with E-state index in [1.165, 1.54) is 47.3 Å². The Bertz CT molecular complexity index is 956. The fourth-order valence-electron chi connectivity index (χ4n) is 4.08. The van der Waals surface area contributed by atoms with Crippen LogP contribution in [0.15, 0.2) is 18.6 Å². The predicted molar refractivity (Wildman–Crippen MR) is 114 cm³/mol. The summed E-state index contributed by atoms with van der Waals surface area (Å²) in [7, 11) is 0. The molecule has 2 aliphatic rings. The number of aryl methyl sites for hydroxylation is 2. The summed E-state index contributed by atoms with van der Waals surface area (Å²) >= 11 is 3.91. The lowest BCUT2D eigenvalue weighted by Crippen LogP contribution is -2.34. The molecule has 1 aliphatic carbocycles. The van der Waals surface area contributed by atoms with E-state index in [9.17, 15) is 0 Å². The molecule has 3 aromatic rings. The van der Waals surface area contributed by atoms with Crippen LogP contribution in [0.5, 0.6) is 0 Å². The molecule has 1 saturated heterocycles. The summed E-state index contributed by atoms with van der Waals surface area (Å²) in [4.78, 5) is 23.8. The number of aromatic nitrogens is 4. The molecule has 0 amide bonds. The van der Waals surface area contributed by atoms with Crippen LogP contribution in [0.4, 0.5) is 5.82 Å². The summed E-state index contributed by atoms with van der Waals surface area (Å²) in [5.41, 5.74) is 2.26. The summed E-state index contributed by atoms with van der Waals surface area (Å²) in [5.74, 6) is 4.20. The van der Waals surface area contributed by atoms with Crippen LogP contribution >= 0.6 is 23.1 Å². The Balaban J connectivity index is 1.73. The van der Waals surface area contributed by atoms with Crippen molar-refractivity contribution in [1.29, 1.82) is 0 Å². The van der Waals surface area contributed by atoms with Crippen molar-refractivity contribution in [2.24, 2.45) is 0 Å². The van der Waals surface area contributed by atoms with Gasteiger partial charge in [0.25, 0.3) is 0 Å². The van der Waals surface area contributed by atoms with Crippen molar-refractivity contribution in [2.45, 2.75) is 45.1 Å². The third-order valence-corrected chi connectivity index (χ3v) is 7.73. The van der Waals surface area contributed by atoms with Crippen molar-refractivity contribution in [2.75, 3.05) is 23.0 Å². The van der Waals surface area contributed by atoms with Crippen molar-refractivity contribution in [1.82, 2.24) is 19.9 Å². The fourth-order valence-corrected chi connectivity index (χ4v) is 6.38. The molecule has 0 saturated carbocycles. The maximum atomic E-state index is 5.08. The highest BCUT2D eigenvalue weighted by Gasteiger charge is 2.27. The first-order valence-corrected chi connectivity index (χ1v) is 11.7. The van der Waals surface area contributed by atoms with Crippen molar-refractivity contribution in [3.63, 3.8) is 0 Å². The number of hydrogen-bond acceptors (Lipinski definition) is 7. The van der Waals surface area contributed by atoms with Gasteiger partial charge in [0.05, 0.1) is 11.6 Å². The Morgan fingerprint density at radius 1 is 1.11 bits per heavy atom. The Kier molecular flexibility index (Phi) is 4.73. The van der Waals surface area contributed by atoms with Gasteiger partial charge in [-0.2, -0.15) is 11.8 Å². The maximum Gasteiger partial charge on any atom is 0.183 e. The number of nitrogens with zero attached hydrogens (tertiary/aromatic N) is 5. The lowest BCUT2D eigenvalue weighted by molar-refractivity contribution is 0.639. The highest BCUT2D eigenvalue weighted by Crippen LogP contribution is 2.41. The van der Waals surface area contributed by atoms with Crippen LogP contribution in [0.1, 0.15) is 36.6 Å². The van der Waals surface area contributed by atoms with Gasteiger partial charge in [0, 0.05) is 35.6 Å². The molecule has 0 bridgehead atoms. The first-order valence-electron chi connectivity index (χ1n) is 9.74. The average molecular weight is 398 g/mol. The Morgan fingerprint density at radius 3 is 2.93 bits per heavy atom. The molecule has 27 heavy (non-hydrogen) atoms. The highest BCUT2D eigenvalue weighted by atomic mass is 32.2. The van der Waals surface area contributed by atoms with E-state index in [1.807, 2.05) is 23.1 Å². The molecule has 5 nitrogen and oxygen atoms in total. The van der Waals surface area contributed by atoms with Crippen molar-refractivity contribution in [3.8, 4) is 11.5 Å². The molecule has 0 aromatic carbocycles. The summed E-state index contributed by atoms with van der Waals surface area (Å²) in [6.07, 6.45) is 11.3. The van der Waals surface area contributed by atoms with Gasteiger partial charge in [0.1, 0.15) is 16.3 Å². The largest absolute Gasteiger partial charge is 0.352 e. The monoisotopic (exact) mass is 397 g/mol. The van der Waals surface area contributed by atoms with Crippen LogP contribution in [0.2, 0.25) is 0 Å². The second kappa shape index (κ2) is 7.36. The molecule has 1 aliphatic heterocycles. The predicted octanol–water partition coefficient (Wildman–Crippen LogP) is 4.36. The van der Waals surface area contributed by atoms with Gasteiger partial charge < -0.3 is 4.90 Å². The summed E-state index contributed by atoms with van der Waals surface area (Å²) in [5, 5.41) is 1.31. The molecular formula is C20H23N5S2. The third kappa shape index (κ3) is 3.21. The number of fused-ring (bicyclic) bond motifs is 3. The Hall–Kier alpha value is -1.73. The van der Waals surface area contributed by atoms with Gasteiger partial charge in [-0.15, -0.1) is 11.3 Å². The standard InChI is InChI=1S/C20H23N5S2/c1-13-6-10-26-11-9-25(13)19-17-14-4-2-3-5-16(14)27-20(17)24-18(23-19)15-12-21-7-8-22-15/h7-8,12-13H,2-6,9-11H2,1H3. The molecule has 5 rings (SSSR count). The zero-order valence-electron chi connectivity index (χ0n) is 15.5. The maximum absolute atomic E-state index is 5.08. The zero-order valence-corrected chi connectivity index (χ0v) is 17.2. The number of rotatable bonds is 2. The van der Waals surface area contributed by atoms with Crippen LogP contribution in [-0.4, -0.2) is 44.0 Å². The lowest BCUT2D eigenvalue weighted by atomic mass is 9.96. The second-order valence-electron chi connectivity index (χ2n) is 7.30. The van der Waals surface area contributed by atoms with Crippen molar-refractivity contribution in [3.05, 3.63) is 29.0 Å². The molecular weight excluding hydrogens is 374 g/mol. The summed E-state index contributed by atoms with van der Waals surface area (Å²) in [6.45, 7) is 3.38. The average Bonchev–Trinajstić information content (AvgIpc) is 2.95. The number of thiophene rings is 1. The highest BCUT2D eigenvalue weighted by molar-refractivity contribution is 7.99. The van der Waals surface area contributed by atoms with Gasteiger partial charge in [0.15, 0.2) is 5.82 Å². The number of hydrogen-bond donors (Lipinski definition) is 0. The first kappa shape index (κ1) is 17.4. The van der Waals surface area contributed by atoms with Crippen LogP contribution in [0.25, 0.3) is 21.7 Å². The normalized spacial score (nSPS) is 20.5. The van der Waals surface area contributed by atoms with Crippen LogP contribution in [0, 0.1) is 0 Å². The van der Waals surface area contributed by atoms with Gasteiger partial charge in [-0.3, -0.25) is 4.98 Å². The third-order valence-electron chi connectivity index (χ3n) is 5.55. The first-order chi connectivity index (χ1) is 13.3. The minimum atomic E-state index is 0.493. The molecule has 0 radical (unpaired) electrons. The lowest BCUT2D eigenvalue weighted by Gasteiger charge is -2.29. The molecule has 1 unspecified atom stereocenters. The molecule has 3 aromatic heterocycles. The van der Waals surface area contributed by atoms with E-state index >= 15 is 0 Å². The molecule has 1 fully saturated rings. The topological polar surface area (TPSA) is 54.8 Å². The fraction of sp³-hybridized carbons (Fsp3) is 0.500. The van der Waals surface area contributed by atoms with Crippen molar-refractivity contribution < 1.29 is 0 Å². The van der Waals surface area contributed by atoms with Gasteiger partial charge in [-0.25, -0.2) is 15.0 Å². The SMILES string of the molecule is CC1CCSCCN1c1nc(-c2cnccn2)nc2sc3c(c12)CCCC3. The molecule has 7 heteroatoms. The van der Waals surface area contributed by atoms with E-state index in [1.54, 1.807) is 18.6 Å². The van der Waals surface area contributed by atoms with E-state index in [0.29, 0.717) is 11.9 Å². The van der Waals surface area contributed by atoms with Crippen LogP contribution < -0.4 is 4.90 Å². The smallest absolute Gasteiger partial charge is 0.183 e. The quantitative estimate of drug-likeness (QED) is 0.640. The van der Waals surface area contributed by atoms with Gasteiger partial charge in [0.2, 0.25) is 0 Å². The van der Waals surface area contributed by atoms with Gasteiger partial charge >= 0.3 is 0 Å². The number of thioether (sulfide) groups is 1. The minimum absolute atomic E-state index is 0.493. The van der Waals surface area contributed by atoms with E-state index < -0.39 is 0 Å². The minimum Gasteiger partial charge on any atom is -0.352 e. The number of anilines is 1. The van der Waals surface area contributed by atoms with Crippen LogP contribution in [-0.2, 0) is 12.8 Å². The van der Waals surface area contributed by atoms with E-state index in [-0.39, 0.29) is 0 Å². The van der Waals surface area contributed by atoms with E-state index in [0.717, 1.165) is 35.1 Å². The summed E-state index contributed by atoms with van der Waals surface area (Å²) in [6, 6.07) is 0.493. The molecule has 140 valence electrons. The molecule has 1 atom stereocenters. The van der Waals surface area contributed by atoms with Gasteiger partial charge in [-0.05, 0) is 50.3 Å². The second-order valence-corrected chi connectivity index (χ2v) is 9.60.